The Morgan fingerprint density at radius 2 is 1.50 bits per heavy atom. The molecule has 1 unspecified atom stereocenters. The molecule has 0 saturated heterocycles. The highest BCUT2D eigenvalue weighted by Gasteiger charge is 2.16. The Bertz CT molecular complexity index is 706. The van der Waals surface area contributed by atoms with Crippen LogP contribution in [0.3, 0.4) is 0 Å². The zero-order chi connectivity index (χ0) is 28.9. The maximum Gasteiger partial charge on any atom is 0.241 e. The van der Waals surface area contributed by atoms with E-state index in [1.165, 1.54) is 0 Å². The zero-order valence-corrected chi connectivity index (χ0v) is 24.9. The van der Waals surface area contributed by atoms with Crippen molar-refractivity contribution >= 4 is 35.0 Å². The van der Waals surface area contributed by atoms with E-state index in [1.54, 1.807) is 13.1 Å². The first kappa shape index (κ1) is 40.8. The molecular weight excluding hydrogens is 476 g/mol. The van der Waals surface area contributed by atoms with E-state index in [-0.39, 0.29) is 18.7 Å². The highest BCUT2D eigenvalue weighted by molar-refractivity contribution is 6.34. The number of anilines is 1. The number of hydrogen-bond acceptors (Lipinski definition) is 4. The number of nitrogens with two attached hydrogens (primary N) is 2. The van der Waals surface area contributed by atoms with Crippen LogP contribution >= 0.6 is 11.6 Å². The lowest BCUT2D eigenvalue weighted by molar-refractivity contribution is -0.121. The molecule has 1 atom stereocenters. The fraction of sp³-hybridized carbons (Fsp3) is 0.607. The van der Waals surface area contributed by atoms with E-state index in [0.717, 1.165) is 31.2 Å². The number of allylic oxidation sites excluding steroid dienone is 2. The Hall–Kier alpha value is -2.38. The van der Waals surface area contributed by atoms with Crippen molar-refractivity contribution in [3.63, 3.8) is 0 Å². The number of rotatable bonds is 11. The van der Waals surface area contributed by atoms with Crippen LogP contribution in [0, 0.1) is 0 Å². The maximum atomic E-state index is 12.1. The second-order valence-corrected chi connectivity index (χ2v) is 7.16. The van der Waals surface area contributed by atoms with Crippen LogP contribution in [-0.4, -0.2) is 30.8 Å². The zero-order valence-electron chi connectivity index (χ0n) is 24.2. The van der Waals surface area contributed by atoms with E-state index >= 15 is 0 Å². The van der Waals surface area contributed by atoms with Gasteiger partial charge in [0.2, 0.25) is 17.7 Å². The van der Waals surface area contributed by atoms with Crippen molar-refractivity contribution < 1.29 is 14.4 Å². The minimum absolute atomic E-state index is 0.0421. The first-order valence-corrected chi connectivity index (χ1v) is 13.5. The Morgan fingerprint density at radius 1 is 0.944 bits per heavy atom. The molecule has 0 aliphatic carbocycles. The molecule has 0 aromatic heterocycles. The summed E-state index contributed by atoms with van der Waals surface area (Å²) >= 11 is 6.38. The van der Waals surface area contributed by atoms with Gasteiger partial charge in [-0.05, 0) is 51.2 Å². The minimum Gasteiger partial charge on any atom is -0.370 e. The molecule has 0 saturated carbocycles. The number of unbranched alkanes of at least 4 members (excludes halogenated alkanes) is 2. The molecule has 0 aliphatic rings. The lowest BCUT2D eigenvalue weighted by atomic mass is 10.0. The number of nitrogens with one attached hydrogen (secondary N) is 2. The van der Waals surface area contributed by atoms with Crippen molar-refractivity contribution in [3.05, 3.63) is 40.9 Å². The predicted octanol–water partition coefficient (Wildman–Crippen LogP) is 6.38. The van der Waals surface area contributed by atoms with Gasteiger partial charge in [0.1, 0.15) is 0 Å². The molecule has 3 amide bonds. The van der Waals surface area contributed by atoms with Crippen LogP contribution in [0.25, 0.3) is 0 Å². The number of carbonyl (C=O) groups excluding carboxylic acids is 3. The molecule has 0 aliphatic heterocycles. The monoisotopic (exact) mass is 528 g/mol. The quantitative estimate of drug-likeness (QED) is 0.196. The van der Waals surface area contributed by atoms with Crippen molar-refractivity contribution in [1.82, 2.24) is 5.32 Å². The lowest BCUT2D eigenvalue weighted by Gasteiger charge is -2.14. The highest BCUT2D eigenvalue weighted by atomic mass is 35.5. The van der Waals surface area contributed by atoms with Crippen LogP contribution in [0.5, 0.6) is 0 Å². The second-order valence-electron chi connectivity index (χ2n) is 6.78. The number of hydrogen-bond donors (Lipinski definition) is 4. The van der Waals surface area contributed by atoms with Gasteiger partial charge in [0, 0.05) is 19.9 Å². The van der Waals surface area contributed by atoms with E-state index in [0.29, 0.717) is 17.1 Å². The van der Waals surface area contributed by atoms with Gasteiger partial charge in [0.25, 0.3) is 0 Å². The fourth-order valence-electron chi connectivity index (χ4n) is 2.43. The van der Waals surface area contributed by atoms with Gasteiger partial charge < -0.3 is 22.1 Å². The Balaban J connectivity index is -0.000000445. The van der Waals surface area contributed by atoms with E-state index in [4.69, 9.17) is 23.1 Å². The molecule has 6 N–H and O–H groups in total. The summed E-state index contributed by atoms with van der Waals surface area (Å²) in [7, 11) is 1.63. The molecule has 36 heavy (non-hydrogen) atoms. The number of aryl methyl sites for hydroxylation is 1. The Kier molecular flexibility index (Phi) is 34.7. The molecule has 0 heterocycles. The van der Waals surface area contributed by atoms with Crippen molar-refractivity contribution in [3.8, 4) is 0 Å². The molecular formula is C28H53ClN4O3. The number of halogens is 1. The maximum absolute atomic E-state index is 12.1. The van der Waals surface area contributed by atoms with Gasteiger partial charge in [-0.1, -0.05) is 83.8 Å². The largest absolute Gasteiger partial charge is 0.370 e. The van der Waals surface area contributed by atoms with Crippen molar-refractivity contribution in [1.29, 1.82) is 0 Å². The molecule has 0 radical (unpaired) electrons. The van der Waals surface area contributed by atoms with Gasteiger partial charge in [-0.2, -0.15) is 0 Å². The summed E-state index contributed by atoms with van der Waals surface area (Å²) in [5.41, 5.74) is 12.2. The third kappa shape index (κ3) is 23.4. The van der Waals surface area contributed by atoms with Gasteiger partial charge in [-0.3, -0.25) is 14.4 Å². The lowest BCUT2D eigenvalue weighted by Crippen LogP contribution is -2.36. The van der Waals surface area contributed by atoms with Crippen molar-refractivity contribution in [2.24, 2.45) is 11.5 Å². The predicted molar refractivity (Wildman–Crippen MR) is 157 cm³/mol. The molecule has 7 nitrogen and oxygen atoms in total. The van der Waals surface area contributed by atoms with Gasteiger partial charge in [0.15, 0.2) is 0 Å². The fourth-order valence-corrected chi connectivity index (χ4v) is 2.69. The average Bonchev–Trinajstić information content (AvgIpc) is 2.92. The Morgan fingerprint density at radius 3 is 1.97 bits per heavy atom. The van der Waals surface area contributed by atoms with Crippen LogP contribution in [0.15, 0.2) is 30.4 Å². The molecule has 0 spiro atoms. The minimum atomic E-state index is -0.827. The summed E-state index contributed by atoms with van der Waals surface area (Å²) in [6.07, 6.45) is 8.14. The highest BCUT2D eigenvalue weighted by Crippen LogP contribution is 2.27. The molecule has 1 aromatic carbocycles. The smallest absolute Gasteiger partial charge is 0.241 e. The van der Waals surface area contributed by atoms with E-state index < -0.39 is 17.9 Å². The van der Waals surface area contributed by atoms with Crippen LogP contribution in [0.4, 0.5) is 5.69 Å². The summed E-state index contributed by atoms with van der Waals surface area (Å²) in [6, 6.07) is 4.60. The second kappa shape index (κ2) is 30.7. The molecule has 210 valence electrons. The standard InChI is InChI=1S/C18H27ClN4O3.C4H8.3C2H6/c1-22-16(25)9-4-2-3-6-12-7-5-8-14(17(12)19)23-18(26)13(20)10-11-15(21)24;1-3-4-2;3*1-2/h5,7-8,13H,2-4,6,9-11,20H2,1H3,(H2,21,24)(H,22,25)(H,23,26);3-4H,1-2H3;3*1-2H3/b;4-3-;;;. The molecule has 1 aromatic rings. The van der Waals surface area contributed by atoms with Crippen LogP contribution in [0.2, 0.25) is 5.02 Å². The number of benzene rings is 1. The van der Waals surface area contributed by atoms with Crippen molar-refractivity contribution in [2.45, 2.75) is 106 Å². The van der Waals surface area contributed by atoms with Gasteiger partial charge in [-0.15, -0.1) is 0 Å². The third-order valence-electron chi connectivity index (χ3n) is 4.34. The van der Waals surface area contributed by atoms with E-state index in [2.05, 4.69) is 10.6 Å². The van der Waals surface area contributed by atoms with Gasteiger partial charge >= 0.3 is 0 Å². The summed E-state index contributed by atoms with van der Waals surface area (Å²) in [5, 5.41) is 5.77. The number of primary amides is 1. The van der Waals surface area contributed by atoms with Crippen LogP contribution < -0.4 is 22.1 Å². The topological polar surface area (TPSA) is 127 Å². The first-order valence-electron chi connectivity index (χ1n) is 13.2. The SMILES string of the molecule is C/C=C\C.CC.CC.CC.CNC(=O)CCCCCc1cccc(NC(=O)C(N)CCC(N)=O)c1Cl. The summed E-state index contributed by atoms with van der Waals surface area (Å²) in [4.78, 5) is 34.0. The Labute approximate surface area is 225 Å². The normalized spacial score (nSPS) is 9.97. The van der Waals surface area contributed by atoms with Crippen LogP contribution in [0.1, 0.15) is 99.5 Å². The molecule has 1 rings (SSSR count). The van der Waals surface area contributed by atoms with Gasteiger partial charge in [0.05, 0.1) is 16.8 Å². The summed E-state index contributed by atoms with van der Waals surface area (Å²) in [6.45, 7) is 16.0. The average molecular weight is 529 g/mol. The van der Waals surface area contributed by atoms with Crippen LogP contribution in [-0.2, 0) is 20.8 Å². The van der Waals surface area contributed by atoms with E-state index in [9.17, 15) is 14.4 Å². The molecule has 0 fully saturated rings. The number of carbonyl (C=O) groups is 3. The van der Waals surface area contributed by atoms with Crippen molar-refractivity contribution in [2.75, 3.05) is 12.4 Å². The van der Waals surface area contributed by atoms with Gasteiger partial charge in [-0.25, -0.2) is 0 Å². The molecule has 8 heteroatoms. The molecule has 0 bridgehead atoms. The first-order chi connectivity index (χ1) is 17.3. The summed E-state index contributed by atoms with van der Waals surface area (Å²) < 4.78 is 0. The van der Waals surface area contributed by atoms with E-state index in [1.807, 2.05) is 79.7 Å². The summed E-state index contributed by atoms with van der Waals surface area (Å²) in [5.74, 6) is -0.860. The number of amides is 3. The third-order valence-corrected chi connectivity index (χ3v) is 4.78.